The van der Waals surface area contributed by atoms with Gasteiger partial charge in [0.25, 0.3) is 0 Å². The summed E-state index contributed by atoms with van der Waals surface area (Å²) in [7, 11) is 0. The summed E-state index contributed by atoms with van der Waals surface area (Å²) in [4.78, 5) is 6.49. The molecule has 2 unspecified atom stereocenters. The molecule has 4 rings (SSSR count). The summed E-state index contributed by atoms with van der Waals surface area (Å²) in [6.45, 7) is 3.27. The fourth-order valence-electron chi connectivity index (χ4n) is 3.14. The van der Waals surface area contributed by atoms with E-state index in [2.05, 4.69) is 25.4 Å². The maximum atomic E-state index is 5.88. The van der Waals surface area contributed by atoms with Gasteiger partial charge in [-0.25, -0.2) is 4.98 Å². The Hall–Kier alpha value is -1.04. The Morgan fingerprint density at radius 2 is 2.26 bits per heavy atom. The van der Waals surface area contributed by atoms with Gasteiger partial charge in [-0.15, -0.1) is 12.4 Å². The minimum Gasteiger partial charge on any atom is -0.353 e. The van der Waals surface area contributed by atoms with Crippen LogP contribution in [0.15, 0.2) is 12.3 Å². The van der Waals surface area contributed by atoms with Crippen molar-refractivity contribution in [3.63, 3.8) is 0 Å². The number of hydrogen-bond donors (Lipinski definition) is 2. The highest BCUT2D eigenvalue weighted by Gasteiger charge is 2.37. The molecule has 2 atom stereocenters. The van der Waals surface area contributed by atoms with Crippen LogP contribution >= 0.6 is 24.0 Å². The van der Waals surface area contributed by atoms with Gasteiger partial charge in [-0.2, -0.15) is 5.10 Å². The predicted molar refractivity (Wildman–Crippen MR) is 78.3 cm³/mol. The van der Waals surface area contributed by atoms with E-state index in [-0.39, 0.29) is 12.4 Å². The summed E-state index contributed by atoms with van der Waals surface area (Å²) in [6, 6.07) is 2.44. The normalized spacial score (nSPS) is 25.6. The molecule has 0 aromatic carbocycles. The second kappa shape index (κ2) is 4.81. The third-order valence-corrected chi connectivity index (χ3v) is 4.26. The molecule has 4 heterocycles. The number of fused-ring (bicyclic) bond motifs is 2. The molecule has 102 valence electrons. The van der Waals surface area contributed by atoms with Crippen molar-refractivity contribution in [1.82, 2.24) is 20.5 Å². The van der Waals surface area contributed by atoms with Crippen molar-refractivity contribution in [1.29, 1.82) is 0 Å². The van der Waals surface area contributed by atoms with Gasteiger partial charge in [0.1, 0.15) is 5.15 Å². The van der Waals surface area contributed by atoms with E-state index >= 15 is 0 Å². The van der Waals surface area contributed by atoms with E-state index in [4.69, 9.17) is 11.6 Å². The Morgan fingerprint density at radius 1 is 1.37 bits per heavy atom. The molecule has 2 saturated heterocycles. The lowest BCUT2D eigenvalue weighted by Gasteiger charge is -2.16. The van der Waals surface area contributed by atoms with E-state index in [1.54, 1.807) is 6.20 Å². The SMILES string of the molecule is Cl.Clc1cc2[nH]nc(N3CC4CCNC4C3)c2cn1. The molecule has 0 aliphatic carbocycles. The summed E-state index contributed by atoms with van der Waals surface area (Å²) in [5.74, 6) is 1.77. The number of aromatic nitrogens is 3. The molecule has 2 aromatic heterocycles. The van der Waals surface area contributed by atoms with Crippen LogP contribution in [0.3, 0.4) is 0 Å². The van der Waals surface area contributed by atoms with Crippen molar-refractivity contribution in [2.45, 2.75) is 12.5 Å². The Kier molecular flexibility index (Phi) is 3.28. The summed E-state index contributed by atoms with van der Waals surface area (Å²) in [5, 5.41) is 12.6. The van der Waals surface area contributed by atoms with Gasteiger partial charge in [0.2, 0.25) is 0 Å². The van der Waals surface area contributed by atoms with E-state index in [0.29, 0.717) is 11.2 Å². The maximum absolute atomic E-state index is 5.88. The Bertz CT molecular complexity index is 587. The molecule has 0 saturated carbocycles. The number of hydrogen-bond acceptors (Lipinski definition) is 4. The average molecular weight is 300 g/mol. The summed E-state index contributed by atoms with van der Waals surface area (Å²) in [5.41, 5.74) is 0.954. The monoisotopic (exact) mass is 299 g/mol. The number of nitrogens with zero attached hydrogens (tertiary/aromatic N) is 3. The lowest BCUT2D eigenvalue weighted by molar-refractivity contribution is 0.556. The molecule has 19 heavy (non-hydrogen) atoms. The van der Waals surface area contributed by atoms with Crippen LogP contribution in [-0.2, 0) is 0 Å². The fraction of sp³-hybridized carbons (Fsp3) is 0.500. The van der Waals surface area contributed by atoms with Gasteiger partial charge in [-0.05, 0) is 18.9 Å². The second-order valence-corrected chi connectivity index (χ2v) is 5.50. The summed E-state index contributed by atoms with van der Waals surface area (Å²) < 4.78 is 0. The molecular weight excluding hydrogens is 285 g/mol. The molecule has 0 radical (unpaired) electrons. The Labute approximate surface area is 122 Å². The summed E-state index contributed by atoms with van der Waals surface area (Å²) in [6.07, 6.45) is 3.08. The Morgan fingerprint density at radius 3 is 3.11 bits per heavy atom. The first-order chi connectivity index (χ1) is 8.81. The van der Waals surface area contributed by atoms with Gasteiger partial charge < -0.3 is 10.2 Å². The molecule has 5 nitrogen and oxygen atoms in total. The number of halogens is 2. The molecule has 7 heteroatoms. The van der Waals surface area contributed by atoms with Crippen LogP contribution in [0.1, 0.15) is 6.42 Å². The van der Waals surface area contributed by atoms with Gasteiger partial charge in [0, 0.05) is 31.4 Å². The highest BCUT2D eigenvalue weighted by atomic mass is 35.5. The van der Waals surface area contributed by atoms with E-state index < -0.39 is 0 Å². The number of rotatable bonds is 1. The Balaban J connectivity index is 0.00000110. The number of pyridine rings is 1. The van der Waals surface area contributed by atoms with E-state index in [1.165, 1.54) is 6.42 Å². The van der Waals surface area contributed by atoms with Gasteiger partial charge in [0.15, 0.2) is 5.82 Å². The summed E-state index contributed by atoms with van der Waals surface area (Å²) >= 11 is 5.88. The number of anilines is 1. The predicted octanol–water partition coefficient (Wildman–Crippen LogP) is 1.83. The minimum absolute atomic E-state index is 0. The third-order valence-electron chi connectivity index (χ3n) is 4.06. The van der Waals surface area contributed by atoms with Crippen molar-refractivity contribution in [2.24, 2.45) is 5.92 Å². The van der Waals surface area contributed by atoms with Gasteiger partial charge in [0.05, 0.1) is 10.9 Å². The lowest BCUT2D eigenvalue weighted by Crippen LogP contribution is -2.30. The number of aromatic amines is 1. The molecule has 2 fully saturated rings. The minimum atomic E-state index is 0. The standard InChI is InChI=1S/C12H14ClN5.ClH/c13-11-3-9-8(4-15-11)12(17-16-9)18-5-7-1-2-14-10(7)6-18;/h3-4,7,10,14H,1-2,5-6H2,(H,16,17);1H. The smallest absolute Gasteiger partial charge is 0.159 e. The van der Waals surface area contributed by atoms with Crippen LogP contribution in [-0.4, -0.2) is 40.9 Å². The van der Waals surface area contributed by atoms with Crippen molar-refractivity contribution < 1.29 is 0 Å². The highest BCUT2D eigenvalue weighted by molar-refractivity contribution is 6.30. The molecule has 2 aromatic rings. The number of nitrogens with one attached hydrogen (secondary N) is 2. The molecule has 0 spiro atoms. The van der Waals surface area contributed by atoms with Gasteiger partial charge in [-0.1, -0.05) is 11.6 Å². The van der Waals surface area contributed by atoms with Crippen LogP contribution < -0.4 is 10.2 Å². The highest BCUT2D eigenvalue weighted by Crippen LogP contribution is 2.32. The molecule has 2 aliphatic heterocycles. The van der Waals surface area contributed by atoms with Crippen molar-refractivity contribution >= 4 is 40.7 Å². The number of H-pyrrole nitrogens is 1. The van der Waals surface area contributed by atoms with Gasteiger partial charge in [-0.3, -0.25) is 5.10 Å². The molecular formula is C12H15Cl2N5. The van der Waals surface area contributed by atoms with Crippen molar-refractivity contribution in [3.05, 3.63) is 17.4 Å². The lowest BCUT2D eigenvalue weighted by atomic mass is 10.1. The topological polar surface area (TPSA) is 56.8 Å². The van der Waals surface area contributed by atoms with Gasteiger partial charge >= 0.3 is 0 Å². The van der Waals surface area contributed by atoms with Crippen LogP contribution in [0.4, 0.5) is 5.82 Å². The van der Waals surface area contributed by atoms with Crippen LogP contribution in [0.5, 0.6) is 0 Å². The van der Waals surface area contributed by atoms with Crippen molar-refractivity contribution in [3.8, 4) is 0 Å². The molecule has 0 bridgehead atoms. The zero-order chi connectivity index (χ0) is 12.1. The fourth-order valence-corrected chi connectivity index (χ4v) is 3.30. The zero-order valence-electron chi connectivity index (χ0n) is 10.3. The average Bonchev–Trinajstić information content (AvgIpc) is 2.98. The maximum Gasteiger partial charge on any atom is 0.159 e. The van der Waals surface area contributed by atoms with Crippen LogP contribution in [0, 0.1) is 5.92 Å². The molecule has 0 amide bonds. The molecule has 2 aliphatic rings. The van der Waals surface area contributed by atoms with Crippen LogP contribution in [0.25, 0.3) is 10.9 Å². The first-order valence-electron chi connectivity index (χ1n) is 6.29. The van der Waals surface area contributed by atoms with Crippen LogP contribution in [0.2, 0.25) is 5.15 Å². The third kappa shape index (κ3) is 2.06. The van der Waals surface area contributed by atoms with E-state index in [0.717, 1.165) is 42.3 Å². The van der Waals surface area contributed by atoms with E-state index in [9.17, 15) is 0 Å². The molecule has 2 N–H and O–H groups in total. The second-order valence-electron chi connectivity index (χ2n) is 5.11. The largest absolute Gasteiger partial charge is 0.353 e. The van der Waals surface area contributed by atoms with Crippen molar-refractivity contribution in [2.75, 3.05) is 24.5 Å². The quantitative estimate of drug-likeness (QED) is 0.789. The first kappa shape index (κ1) is 13.0. The van der Waals surface area contributed by atoms with E-state index in [1.807, 2.05) is 6.07 Å². The zero-order valence-corrected chi connectivity index (χ0v) is 11.8. The first-order valence-corrected chi connectivity index (χ1v) is 6.67.